The van der Waals surface area contributed by atoms with E-state index in [-0.39, 0.29) is 24.4 Å². The molecule has 22 heavy (non-hydrogen) atoms. The summed E-state index contributed by atoms with van der Waals surface area (Å²) in [5.41, 5.74) is 5.94. The summed E-state index contributed by atoms with van der Waals surface area (Å²) in [6.07, 6.45) is 3.15. The van der Waals surface area contributed by atoms with E-state index in [1.807, 2.05) is 17.5 Å². The molecule has 0 aromatic carbocycles. The second kappa shape index (κ2) is 7.71. The van der Waals surface area contributed by atoms with Crippen LogP contribution < -0.4 is 11.1 Å². The van der Waals surface area contributed by atoms with E-state index in [9.17, 15) is 4.79 Å². The third-order valence-corrected chi connectivity index (χ3v) is 4.40. The van der Waals surface area contributed by atoms with Crippen molar-refractivity contribution in [2.45, 2.75) is 31.7 Å². The number of aryl methyl sites for hydroxylation is 1. The summed E-state index contributed by atoms with van der Waals surface area (Å²) in [6, 6.07) is 3.96. The molecule has 2 aromatic rings. The van der Waals surface area contributed by atoms with E-state index < -0.39 is 0 Å². The number of halogens is 1. The van der Waals surface area contributed by atoms with E-state index in [0.29, 0.717) is 37.0 Å². The van der Waals surface area contributed by atoms with Crippen LogP contribution in [0.1, 0.15) is 25.2 Å². The number of nitrogens with two attached hydrogens (primary N) is 1. The number of carbonyl (C=O) groups is 1. The van der Waals surface area contributed by atoms with E-state index in [1.54, 1.807) is 11.3 Å². The first-order chi connectivity index (χ1) is 10.2. The number of nitrogens with zero attached hydrogens (tertiary/aromatic N) is 2. The fourth-order valence-corrected chi connectivity index (χ4v) is 2.74. The summed E-state index contributed by atoms with van der Waals surface area (Å²) < 4.78 is 5.15. The lowest BCUT2D eigenvalue weighted by Gasteiger charge is -2.10. The highest BCUT2D eigenvalue weighted by Gasteiger charge is 2.28. The van der Waals surface area contributed by atoms with Crippen molar-refractivity contribution >= 4 is 29.7 Å². The van der Waals surface area contributed by atoms with Crippen LogP contribution in [-0.4, -0.2) is 28.6 Å². The monoisotopic (exact) mass is 342 g/mol. The molecule has 0 spiro atoms. The fraction of sp³-hybridized carbons (Fsp3) is 0.500. The van der Waals surface area contributed by atoms with Gasteiger partial charge < -0.3 is 15.6 Å². The normalized spacial score (nSPS) is 15.1. The quantitative estimate of drug-likeness (QED) is 0.802. The van der Waals surface area contributed by atoms with Gasteiger partial charge in [0.25, 0.3) is 0 Å². The molecule has 8 heteroatoms. The Morgan fingerprint density at radius 3 is 3.05 bits per heavy atom. The van der Waals surface area contributed by atoms with E-state index in [0.717, 1.165) is 4.88 Å². The molecule has 1 amide bonds. The van der Waals surface area contributed by atoms with E-state index in [4.69, 9.17) is 10.3 Å². The molecule has 1 saturated carbocycles. The molecule has 1 fully saturated rings. The first-order valence-corrected chi connectivity index (χ1v) is 7.99. The molecule has 0 bridgehead atoms. The summed E-state index contributed by atoms with van der Waals surface area (Å²) in [5, 5.41) is 8.73. The number of hydrogen-bond acceptors (Lipinski definition) is 6. The van der Waals surface area contributed by atoms with Gasteiger partial charge in [-0.25, -0.2) is 0 Å². The highest BCUT2D eigenvalue weighted by Crippen LogP contribution is 2.31. The van der Waals surface area contributed by atoms with Crippen LogP contribution in [0.3, 0.4) is 0 Å². The second-order valence-corrected chi connectivity index (χ2v) is 6.24. The van der Waals surface area contributed by atoms with E-state index in [2.05, 4.69) is 15.5 Å². The predicted molar refractivity (Wildman–Crippen MR) is 86.9 cm³/mol. The maximum atomic E-state index is 11.7. The smallest absolute Gasteiger partial charge is 0.227 e. The first kappa shape index (κ1) is 16.9. The molecule has 3 rings (SSSR count). The number of nitrogens with one attached hydrogen (secondary N) is 1. The first-order valence-electron chi connectivity index (χ1n) is 7.11. The van der Waals surface area contributed by atoms with Gasteiger partial charge in [-0.15, -0.1) is 23.7 Å². The Kier molecular flexibility index (Phi) is 5.93. The van der Waals surface area contributed by atoms with Crippen molar-refractivity contribution in [2.75, 3.05) is 6.54 Å². The van der Waals surface area contributed by atoms with Gasteiger partial charge in [-0.05, 0) is 30.2 Å². The largest absolute Gasteiger partial charge is 0.355 e. The zero-order valence-electron chi connectivity index (χ0n) is 12.0. The van der Waals surface area contributed by atoms with Crippen molar-refractivity contribution in [2.24, 2.45) is 11.7 Å². The standard InChI is InChI=1S/C14H18N4O2S.ClH/c15-10(9-3-4-9)8-16-12(19)5-6-13-17-14(18-20-13)11-2-1-7-21-11;/h1-2,7,9-10H,3-6,8,15H2,(H,16,19);1H. The van der Waals surface area contributed by atoms with Crippen molar-refractivity contribution in [3.63, 3.8) is 0 Å². The van der Waals surface area contributed by atoms with Gasteiger partial charge in [0.2, 0.25) is 17.6 Å². The Hall–Kier alpha value is -1.44. The number of aromatic nitrogens is 2. The van der Waals surface area contributed by atoms with Crippen molar-refractivity contribution in [3.8, 4) is 10.7 Å². The van der Waals surface area contributed by atoms with Crippen LogP contribution in [0.4, 0.5) is 0 Å². The number of hydrogen-bond donors (Lipinski definition) is 2. The lowest BCUT2D eigenvalue weighted by molar-refractivity contribution is -0.121. The number of thiophene rings is 1. The Morgan fingerprint density at radius 1 is 1.55 bits per heavy atom. The van der Waals surface area contributed by atoms with Gasteiger partial charge in [0.05, 0.1) is 4.88 Å². The minimum Gasteiger partial charge on any atom is -0.355 e. The summed E-state index contributed by atoms with van der Waals surface area (Å²) in [7, 11) is 0. The summed E-state index contributed by atoms with van der Waals surface area (Å²) in [4.78, 5) is 17.0. The van der Waals surface area contributed by atoms with Crippen LogP contribution in [0, 0.1) is 5.92 Å². The molecule has 2 heterocycles. The fourth-order valence-electron chi connectivity index (χ4n) is 2.09. The van der Waals surface area contributed by atoms with Crippen molar-refractivity contribution in [1.82, 2.24) is 15.5 Å². The molecule has 1 unspecified atom stereocenters. The molecule has 0 radical (unpaired) electrons. The van der Waals surface area contributed by atoms with Crippen LogP contribution in [0.15, 0.2) is 22.0 Å². The van der Waals surface area contributed by atoms with Gasteiger partial charge in [-0.2, -0.15) is 4.98 Å². The van der Waals surface area contributed by atoms with Crippen LogP contribution in [0.25, 0.3) is 10.7 Å². The van der Waals surface area contributed by atoms with Gasteiger partial charge in [-0.3, -0.25) is 4.79 Å². The maximum Gasteiger partial charge on any atom is 0.227 e. The molecule has 0 aliphatic heterocycles. The van der Waals surface area contributed by atoms with Gasteiger partial charge in [0.15, 0.2) is 0 Å². The second-order valence-electron chi connectivity index (χ2n) is 5.29. The maximum absolute atomic E-state index is 11.7. The van der Waals surface area contributed by atoms with Crippen LogP contribution >= 0.6 is 23.7 Å². The Morgan fingerprint density at radius 2 is 2.36 bits per heavy atom. The lowest BCUT2D eigenvalue weighted by Crippen LogP contribution is -2.38. The molecule has 120 valence electrons. The lowest BCUT2D eigenvalue weighted by atomic mass is 10.2. The van der Waals surface area contributed by atoms with Crippen molar-refractivity contribution in [1.29, 1.82) is 0 Å². The molecule has 6 nitrogen and oxygen atoms in total. The zero-order chi connectivity index (χ0) is 14.7. The molecular formula is C14H19ClN4O2S. The molecule has 3 N–H and O–H groups in total. The van der Waals surface area contributed by atoms with Gasteiger partial charge in [0, 0.05) is 25.4 Å². The zero-order valence-corrected chi connectivity index (χ0v) is 13.7. The molecule has 2 aromatic heterocycles. The van der Waals surface area contributed by atoms with E-state index >= 15 is 0 Å². The highest BCUT2D eigenvalue weighted by molar-refractivity contribution is 7.13. The van der Waals surface area contributed by atoms with Crippen molar-refractivity contribution < 1.29 is 9.32 Å². The number of amides is 1. The minimum absolute atomic E-state index is 0. The summed E-state index contributed by atoms with van der Waals surface area (Å²) >= 11 is 1.56. The number of carbonyl (C=O) groups excluding carboxylic acids is 1. The number of rotatable bonds is 7. The Balaban J connectivity index is 0.00000176. The predicted octanol–water partition coefficient (Wildman–Crippen LogP) is 2.01. The molecular weight excluding hydrogens is 324 g/mol. The molecule has 1 aliphatic rings. The highest BCUT2D eigenvalue weighted by atomic mass is 35.5. The Bertz CT molecular complexity index is 598. The van der Waals surface area contributed by atoms with Crippen LogP contribution in [0.2, 0.25) is 0 Å². The van der Waals surface area contributed by atoms with Gasteiger partial charge >= 0.3 is 0 Å². The molecule has 0 saturated heterocycles. The van der Waals surface area contributed by atoms with Gasteiger partial charge in [0.1, 0.15) is 0 Å². The summed E-state index contributed by atoms with van der Waals surface area (Å²) in [6.45, 7) is 0.549. The van der Waals surface area contributed by atoms with Crippen LogP contribution in [-0.2, 0) is 11.2 Å². The molecule has 1 atom stereocenters. The SMILES string of the molecule is Cl.NC(CNC(=O)CCc1nc(-c2cccs2)no1)C1CC1. The third kappa shape index (κ3) is 4.53. The third-order valence-electron chi connectivity index (χ3n) is 3.54. The average Bonchev–Trinajstić information content (AvgIpc) is 3.01. The average molecular weight is 343 g/mol. The minimum atomic E-state index is -0.0260. The topological polar surface area (TPSA) is 94.0 Å². The molecule has 1 aliphatic carbocycles. The van der Waals surface area contributed by atoms with E-state index in [1.165, 1.54) is 12.8 Å². The Labute approximate surface area is 138 Å². The van der Waals surface area contributed by atoms with Gasteiger partial charge in [-0.1, -0.05) is 11.2 Å². The van der Waals surface area contributed by atoms with Crippen LogP contribution in [0.5, 0.6) is 0 Å². The summed E-state index contributed by atoms with van der Waals surface area (Å²) in [5.74, 6) is 1.63. The van der Waals surface area contributed by atoms with Crippen molar-refractivity contribution in [3.05, 3.63) is 23.4 Å².